The fourth-order valence-electron chi connectivity index (χ4n) is 3.59. The average molecular weight is 366 g/mol. The Morgan fingerprint density at radius 1 is 1.11 bits per heavy atom. The summed E-state index contributed by atoms with van der Waals surface area (Å²) in [7, 11) is 1.57. The van der Waals surface area contributed by atoms with E-state index in [1.807, 2.05) is 6.07 Å². The number of ether oxygens (including phenoxy) is 2. The van der Waals surface area contributed by atoms with E-state index in [1.165, 1.54) is 12.8 Å². The van der Waals surface area contributed by atoms with Crippen LogP contribution >= 0.6 is 0 Å². The van der Waals surface area contributed by atoms with Crippen molar-refractivity contribution in [2.45, 2.75) is 38.3 Å². The number of nitrogens with one attached hydrogen (secondary N) is 2. The van der Waals surface area contributed by atoms with E-state index in [1.54, 1.807) is 37.4 Å². The van der Waals surface area contributed by atoms with Crippen molar-refractivity contribution >= 4 is 17.5 Å². The smallest absolute Gasteiger partial charge is 0.255 e. The highest BCUT2D eigenvalue weighted by Crippen LogP contribution is 2.32. The third-order valence-corrected chi connectivity index (χ3v) is 5.07. The molecule has 0 unspecified atom stereocenters. The second-order valence-electron chi connectivity index (χ2n) is 6.90. The first-order valence-corrected chi connectivity index (χ1v) is 9.21. The Bertz CT molecular complexity index is 888. The molecule has 0 saturated heterocycles. The van der Waals surface area contributed by atoms with Crippen LogP contribution in [0, 0.1) is 0 Å². The summed E-state index contributed by atoms with van der Waals surface area (Å²) in [5.74, 6) is 0.827. The highest BCUT2D eigenvalue weighted by molar-refractivity contribution is 6.06. The SMILES string of the molecule is COc1cc(C(=O)Nc2ccc3c(c2)C(=O)NC3)ccc1OC1CCCC1. The first kappa shape index (κ1) is 17.4. The Balaban J connectivity index is 1.50. The minimum absolute atomic E-state index is 0.115. The third kappa shape index (κ3) is 3.60. The van der Waals surface area contributed by atoms with Crippen molar-refractivity contribution in [2.24, 2.45) is 0 Å². The zero-order valence-corrected chi connectivity index (χ0v) is 15.2. The summed E-state index contributed by atoms with van der Waals surface area (Å²) in [5, 5.41) is 5.60. The molecule has 0 bridgehead atoms. The molecular weight excluding hydrogens is 344 g/mol. The lowest BCUT2D eigenvalue weighted by molar-refractivity contribution is 0.0964. The molecule has 2 N–H and O–H groups in total. The van der Waals surface area contributed by atoms with E-state index >= 15 is 0 Å². The second-order valence-corrected chi connectivity index (χ2v) is 6.90. The van der Waals surface area contributed by atoms with E-state index in [9.17, 15) is 9.59 Å². The number of benzene rings is 2. The summed E-state index contributed by atoms with van der Waals surface area (Å²) in [6, 6.07) is 10.5. The van der Waals surface area contributed by atoms with Gasteiger partial charge in [0.15, 0.2) is 11.5 Å². The molecule has 1 saturated carbocycles. The molecule has 27 heavy (non-hydrogen) atoms. The van der Waals surface area contributed by atoms with Gasteiger partial charge in [-0.25, -0.2) is 0 Å². The lowest BCUT2D eigenvalue weighted by Crippen LogP contribution is -2.15. The van der Waals surface area contributed by atoms with E-state index in [-0.39, 0.29) is 17.9 Å². The zero-order valence-electron chi connectivity index (χ0n) is 15.2. The lowest BCUT2D eigenvalue weighted by Gasteiger charge is -2.16. The number of rotatable bonds is 5. The molecular formula is C21H22N2O4. The van der Waals surface area contributed by atoms with Crippen LogP contribution in [-0.2, 0) is 6.54 Å². The number of hydrogen-bond donors (Lipinski definition) is 2. The number of fused-ring (bicyclic) bond motifs is 1. The fourth-order valence-corrected chi connectivity index (χ4v) is 3.59. The van der Waals surface area contributed by atoms with Gasteiger partial charge in [0.25, 0.3) is 11.8 Å². The lowest BCUT2D eigenvalue weighted by atomic mass is 10.1. The van der Waals surface area contributed by atoms with Crippen LogP contribution in [0.3, 0.4) is 0 Å². The number of carbonyl (C=O) groups excluding carboxylic acids is 2. The van der Waals surface area contributed by atoms with Gasteiger partial charge in [-0.3, -0.25) is 9.59 Å². The Morgan fingerprint density at radius 2 is 1.93 bits per heavy atom. The van der Waals surface area contributed by atoms with Crippen LogP contribution in [0.15, 0.2) is 36.4 Å². The highest BCUT2D eigenvalue weighted by Gasteiger charge is 2.21. The van der Waals surface area contributed by atoms with Crippen LogP contribution in [0.25, 0.3) is 0 Å². The maximum Gasteiger partial charge on any atom is 0.255 e. The first-order valence-electron chi connectivity index (χ1n) is 9.21. The Labute approximate surface area is 157 Å². The molecule has 0 radical (unpaired) electrons. The molecule has 2 aliphatic rings. The van der Waals surface area contributed by atoms with Gasteiger partial charge in [-0.15, -0.1) is 0 Å². The summed E-state index contributed by atoms with van der Waals surface area (Å²) in [6.07, 6.45) is 4.70. The third-order valence-electron chi connectivity index (χ3n) is 5.07. The van der Waals surface area contributed by atoms with Crippen molar-refractivity contribution in [2.75, 3.05) is 12.4 Å². The van der Waals surface area contributed by atoms with Gasteiger partial charge >= 0.3 is 0 Å². The molecule has 1 fully saturated rings. The van der Waals surface area contributed by atoms with Gasteiger partial charge in [0.1, 0.15) is 0 Å². The molecule has 2 aromatic carbocycles. The summed E-state index contributed by atoms with van der Waals surface area (Å²) < 4.78 is 11.4. The van der Waals surface area contributed by atoms with Gasteiger partial charge < -0.3 is 20.1 Å². The normalized spacial score (nSPS) is 16.0. The van der Waals surface area contributed by atoms with Gasteiger partial charge in [-0.05, 0) is 61.6 Å². The van der Waals surface area contributed by atoms with Crippen LogP contribution in [0.5, 0.6) is 11.5 Å². The number of methoxy groups -OCH3 is 1. The summed E-state index contributed by atoms with van der Waals surface area (Å²) >= 11 is 0. The van der Waals surface area contributed by atoms with E-state index in [2.05, 4.69) is 10.6 Å². The van der Waals surface area contributed by atoms with Crippen molar-refractivity contribution in [3.8, 4) is 11.5 Å². The fraction of sp³-hybridized carbons (Fsp3) is 0.333. The van der Waals surface area contributed by atoms with Gasteiger partial charge in [0, 0.05) is 23.4 Å². The molecule has 2 aromatic rings. The van der Waals surface area contributed by atoms with E-state index in [0.717, 1.165) is 18.4 Å². The standard InChI is InChI=1S/C21H22N2O4/c1-26-19-10-13(7-9-18(19)27-16-4-2-3-5-16)20(24)23-15-8-6-14-12-22-21(25)17(14)11-15/h6-11,16H,2-5,12H2,1H3,(H,22,25)(H,23,24). The molecule has 1 aliphatic heterocycles. The Kier molecular flexibility index (Phi) is 4.71. The van der Waals surface area contributed by atoms with E-state index in [0.29, 0.717) is 34.9 Å². The summed E-state index contributed by atoms with van der Waals surface area (Å²) in [6.45, 7) is 0.530. The molecule has 6 nitrogen and oxygen atoms in total. The predicted molar refractivity (Wildman–Crippen MR) is 101 cm³/mol. The van der Waals surface area contributed by atoms with E-state index < -0.39 is 0 Å². The number of amides is 2. The van der Waals surface area contributed by atoms with Crippen LogP contribution < -0.4 is 20.1 Å². The van der Waals surface area contributed by atoms with Crippen molar-refractivity contribution in [1.82, 2.24) is 5.32 Å². The molecule has 2 amide bonds. The van der Waals surface area contributed by atoms with Crippen LogP contribution in [0.4, 0.5) is 5.69 Å². The van der Waals surface area contributed by atoms with E-state index in [4.69, 9.17) is 9.47 Å². The Morgan fingerprint density at radius 3 is 2.70 bits per heavy atom. The molecule has 4 rings (SSSR count). The minimum atomic E-state index is -0.265. The number of anilines is 1. The van der Waals surface area contributed by atoms with Crippen molar-refractivity contribution < 1.29 is 19.1 Å². The number of carbonyl (C=O) groups is 2. The minimum Gasteiger partial charge on any atom is -0.493 e. The quantitative estimate of drug-likeness (QED) is 0.849. The van der Waals surface area contributed by atoms with Gasteiger partial charge in [-0.2, -0.15) is 0 Å². The maximum absolute atomic E-state index is 12.6. The van der Waals surface area contributed by atoms with Crippen molar-refractivity contribution in [3.05, 3.63) is 53.1 Å². The molecule has 140 valence electrons. The molecule has 1 heterocycles. The van der Waals surface area contributed by atoms with Gasteiger partial charge in [0.05, 0.1) is 13.2 Å². The Hall–Kier alpha value is -3.02. The highest BCUT2D eigenvalue weighted by atomic mass is 16.5. The van der Waals surface area contributed by atoms with Gasteiger partial charge in [0.2, 0.25) is 0 Å². The van der Waals surface area contributed by atoms with Crippen LogP contribution in [-0.4, -0.2) is 25.0 Å². The van der Waals surface area contributed by atoms with Crippen molar-refractivity contribution in [3.63, 3.8) is 0 Å². The number of hydrogen-bond acceptors (Lipinski definition) is 4. The zero-order chi connectivity index (χ0) is 18.8. The van der Waals surface area contributed by atoms with Crippen molar-refractivity contribution in [1.29, 1.82) is 0 Å². The topological polar surface area (TPSA) is 76.7 Å². The molecule has 0 atom stereocenters. The molecule has 1 aliphatic carbocycles. The summed E-state index contributed by atoms with van der Waals surface area (Å²) in [4.78, 5) is 24.4. The largest absolute Gasteiger partial charge is 0.493 e. The van der Waals surface area contributed by atoms with Crippen LogP contribution in [0.2, 0.25) is 0 Å². The second kappa shape index (κ2) is 7.31. The molecule has 6 heteroatoms. The monoisotopic (exact) mass is 366 g/mol. The molecule has 0 spiro atoms. The van der Waals surface area contributed by atoms with Gasteiger partial charge in [-0.1, -0.05) is 6.07 Å². The van der Waals surface area contributed by atoms with Crippen LogP contribution in [0.1, 0.15) is 52.0 Å². The molecule has 0 aromatic heterocycles. The maximum atomic E-state index is 12.6. The predicted octanol–water partition coefficient (Wildman–Crippen LogP) is 3.51. The summed E-state index contributed by atoms with van der Waals surface area (Å²) in [5.41, 5.74) is 2.59. The average Bonchev–Trinajstić information content (AvgIpc) is 3.32. The first-order chi connectivity index (χ1) is 13.1.